The summed E-state index contributed by atoms with van der Waals surface area (Å²) in [6.07, 6.45) is 1.75. The van der Waals surface area contributed by atoms with Crippen LogP contribution in [0.1, 0.15) is 22.8 Å². The van der Waals surface area contributed by atoms with Gasteiger partial charge in [-0.25, -0.2) is 0 Å². The van der Waals surface area contributed by atoms with Gasteiger partial charge in [-0.1, -0.05) is 36.4 Å². The predicted molar refractivity (Wildman–Crippen MR) is 116 cm³/mol. The molecule has 8 heteroatoms. The molecule has 0 aliphatic rings. The molecule has 0 fully saturated rings. The van der Waals surface area contributed by atoms with Crippen LogP contribution in [0.5, 0.6) is 0 Å². The summed E-state index contributed by atoms with van der Waals surface area (Å²) in [5.74, 6) is -1.56. The molecule has 2 atom stereocenters. The van der Waals surface area contributed by atoms with Crippen LogP contribution in [0.15, 0.2) is 66.2 Å². The number of primary amides is 1. The van der Waals surface area contributed by atoms with Crippen LogP contribution in [0.25, 0.3) is 10.6 Å². The molecule has 3 aromatic rings. The van der Waals surface area contributed by atoms with Crippen molar-refractivity contribution in [3.63, 3.8) is 0 Å². The zero-order chi connectivity index (χ0) is 21.5. The molecule has 0 spiro atoms. The number of nitrogens with one attached hydrogen (secondary N) is 2. The summed E-state index contributed by atoms with van der Waals surface area (Å²) in [5, 5.41) is 7.24. The molecule has 3 rings (SSSR count). The van der Waals surface area contributed by atoms with Crippen molar-refractivity contribution in [2.45, 2.75) is 25.4 Å². The van der Waals surface area contributed by atoms with Crippen molar-refractivity contribution in [2.75, 3.05) is 0 Å². The number of benzene rings is 1. The van der Waals surface area contributed by atoms with Crippen molar-refractivity contribution in [1.29, 1.82) is 0 Å². The second kappa shape index (κ2) is 9.80. The number of thiophene rings is 1. The third-order valence-electron chi connectivity index (χ3n) is 4.49. The molecule has 30 heavy (non-hydrogen) atoms. The van der Waals surface area contributed by atoms with Crippen LogP contribution in [0.4, 0.5) is 0 Å². The topological polar surface area (TPSA) is 114 Å². The van der Waals surface area contributed by atoms with Gasteiger partial charge in [0.05, 0.1) is 16.1 Å². The third-order valence-corrected chi connectivity index (χ3v) is 5.38. The molecule has 2 heterocycles. The Labute approximate surface area is 178 Å². The van der Waals surface area contributed by atoms with Gasteiger partial charge in [0.1, 0.15) is 12.1 Å². The number of rotatable bonds is 8. The van der Waals surface area contributed by atoms with Gasteiger partial charge in [0.15, 0.2) is 0 Å². The fraction of sp³-hybridized carbons (Fsp3) is 0.182. The van der Waals surface area contributed by atoms with E-state index in [1.54, 1.807) is 23.5 Å². The fourth-order valence-corrected chi connectivity index (χ4v) is 3.49. The molecule has 0 saturated heterocycles. The molecule has 0 radical (unpaired) electrons. The van der Waals surface area contributed by atoms with Crippen molar-refractivity contribution in [1.82, 2.24) is 15.6 Å². The lowest BCUT2D eigenvalue weighted by atomic mass is 10.0. The summed E-state index contributed by atoms with van der Waals surface area (Å²) in [7, 11) is 0. The van der Waals surface area contributed by atoms with Gasteiger partial charge in [-0.05, 0) is 36.1 Å². The average molecular weight is 423 g/mol. The molecule has 0 aliphatic heterocycles. The highest BCUT2D eigenvalue weighted by Crippen LogP contribution is 2.22. The summed E-state index contributed by atoms with van der Waals surface area (Å²) in [5.41, 5.74) is 7.22. The molecule has 4 N–H and O–H groups in total. The van der Waals surface area contributed by atoms with Gasteiger partial charge in [-0.3, -0.25) is 19.4 Å². The van der Waals surface area contributed by atoms with Gasteiger partial charge in [0, 0.05) is 12.6 Å². The van der Waals surface area contributed by atoms with Gasteiger partial charge >= 0.3 is 0 Å². The zero-order valence-corrected chi connectivity index (χ0v) is 17.2. The van der Waals surface area contributed by atoms with Crippen molar-refractivity contribution in [3.8, 4) is 10.6 Å². The van der Waals surface area contributed by atoms with Crippen LogP contribution in [0.3, 0.4) is 0 Å². The molecule has 0 bridgehead atoms. The van der Waals surface area contributed by atoms with E-state index in [9.17, 15) is 14.4 Å². The molecule has 2 unspecified atom stereocenters. The molecule has 2 aromatic heterocycles. The van der Waals surface area contributed by atoms with Crippen LogP contribution in [0.2, 0.25) is 0 Å². The van der Waals surface area contributed by atoms with Crippen LogP contribution >= 0.6 is 11.3 Å². The first-order valence-corrected chi connectivity index (χ1v) is 10.3. The Balaban J connectivity index is 1.74. The minimum absolute atomic E-state index is 0.268. The van der Waals surface area contributed by atoms with Gasteiger partial charge in [0.25, 0.3) is 5.91 Å². The van der Waals surface area contributed by atoms with Crippen LogP contribution < -0.4 is 16.4 Å². The maximum absolute atomic E-state index is 12.7. The van der Waals surface area contributed by atoms with Crippen LogP contribution in [-0.4, -0.2) is 34.8 Å². The summed E-state index contributed by atoms with van der Waals surface area (Å²) < 4.78 is 0. The summed E-state index contributed by atoms with van der Waals surface area (Å²) >= 11 is 1.56. The van der Waals surface area contributed by atoms with Crippen molar-refractivity contribution < 1.29 is 14.4 Å². The first-order chi connectivity index (χ1) is 14.4. The molecule has 154 valence electrons. The lowest BCUT2D eigenvalue weighted by Gasteiger charge is -2.20. The summed E-state index contributed by atoms with van der Waals surface area (Å²) in [6, 6.07) is 14.9. The smallest absolute Gasteiger partial charge is 0.253 e. The Morgan fingerprint density at radius 1 is 1.03 bits per heavy atom. The maximum atomic E-state index is 12.7. The van der Waals surface area contributed by atoms with Gasteiger partial charge < -0.3 is 16.4 Å². The maximum Gasteiger partial charge on any atom is 0.253 e. The van der Waals surface area contributed by atoms with E-state index < -0.39 is 29.8 Å². The van der Waals surface area contributed by atoms with E-state index in [2.05, 4.69) is 15.6 Å². The predicted octanol–water partition coefficient (Wildman–Crippen LogP) is 2.14. The first kappa shape index (κ1) is 21.2. The van der Waals surface area contributed by atoms with E-state index in [-0.39, 0.29) is 6.42 Å². The van der Waals surface area contributed by atoms with Gasteiger partial charge in [-0.2, -0.15) is 0 Å². The Kier molecular flexibility index (Phi) is 6.92. The number of amides is 3. The second-order valence-electron chi connectivity index (χ2n) is 6.76. The minimum Gasteiger partial charge on any atom is -0.368 e. The number of carbonyl (C=O) groups is 3. The van der Waals surface area contributed by atoms with Gasteiger partial charge in [0.2, 0.25) is 11.8 Å². The SMILES string of the molecule is CC(NC(=O)C(Cc1ccccc1)NC(=O)c1ccc(-c2cccs2)nc1)C(N)=O. The second-order valence-corrected chi connectivity index (χ2v) is 7.71. The van der Waals surface area contributed by atoms with E-state index in [1.807, 2.05) is 47.8 Å². The summed E-state index contributed by atoms with van der Waals surface area (Å²) in [4.78, 5) is 42.1. The first-order valence-electron chi connectivity index (χ1n) is 9.38. The normalized spacial score (nSPS) is 12.6. The molecular weight excluding hydrogens is 400 g/mol. The Morgan fingerprint density at radius 3 is 2.40 bits per heavy atom. The lowest BCUT2D eigenvalue weighted by Crippen LogP contribution is -2.52. The van der Waals surface area contributed by atoms with Crippen molar-refractivity contribution in [2.24, 2.45) is 5.73 Å². The number of hydrogen-bond acceptors (Lipinski definition) is 5. The van der Waals surface area contributed by atoms with E-state index in [0.717, 1.165) is 16.1 Å². The number of nitrogens with two attached hydrogens (primary N) is 1. The zero-order valence-electron chi connectivity index (χ0n) is 16.4. The highest BCUT2D eigenvalue weighted by Gasteiger charge is 2.24. The molecule has 0 aliphatic carbocycles. The number of hydrogen-bond donors (Lipinski definition) is 3. The number of pyridine rings is 1. The molecule has 1 aromatic carbocycles. The molecular formula is C22H22N4O3S. The van der Waals surface area contributed by atoms with Crippen molar-refractivity contribution >= 4 is 29.1 Å². The Morgan fingerprint density at radius 2 is 1.80 bits per heavy atom. The highest BCUT2D eigenvalue weighted by atomic mass is 32.1. The Bertz CT molecular complexity index is 1000. The monoisotopic (exact) mass is 422 g/mol. The average Bonchev–Trinajstić information content (AvgIpc) is 3.29. The van der Waals surface area contributed by atoms with Crippen molar-refractivity contribution in [3.05, 3.63) is 77.3 Å². The largest absolute Gasteiger partial charge is 0.368 e. The standard InChI is InChI=1S/C22H22N4O3S/c1-14(20(23)27)25-22(29)18(12-15-6-3-2-4-7-15)26-21(28)16-9-10-17(24-13-16)19-8-5-11-30-19/h2-11,13-14,18H,12H2,1H3,(H2,23,27)(H,25,29)(H,26,28). The highest BCUT2D eigenvalue weighted by molar-refractivity contribution is 7.13. The van der Waals surface area contributed by atoms with Crippen LogP contribution in [0, 0.1) is 0 Å². The number of aromatic nitrogens is 1. The van der Waals surface area contributed by atoms with Crippen LogP contribution in [-0.2, 0) is 16.0 Å². The molecule has 3 amide bonds. The summed E-state index contributed by atoms with van der Waals surface area (Å²) in [6.45, 7) is 1.49. The quantitative estimate of drug-likeness (QED) is 0.516. The number of carbonyl (C=O) groups excluding carboxylic acids is 3. The number of nitrogens with zero attached hydrogens (tertiary/aromatic N) is 1. The van der Waals surface area contributed by atoms with E-state index >= 15 is 0 Å². The van der Waals surface area contributed by atoms with E-state index in [0.29, 0.717) is 5.56 Å². The molecule has 7 nitrogen and oxygen atoms in total. The van der Waals surface area contributed by atoms with E-state index in [4.69, 9.17) is 5.73 Å². The lowest BCUT2D eigenvalue weighted by molar-refractivity contribution is -0.128. The van der Waals surface area contributed by atoms with E-state index in [1.165, 1.54) is 13.1 Å². The van der Waals surface area contributed by atoms with Gasteiger partial charge in [-0.15, -0.1) is 11.3 Å². The fourth-order valence-electron chi connectivity index (χ4n) is 2.78. The Hall–Kier alpha value is -3.52. The molecule has 0 saturated carbocycles. The third kappa shape index (κ3) is 5.51. The minimum atomic E-state index is -0.876.